The van der Waals surface area contributed by atoms with E-state index in [1.165, 1.54) is 35.2 Å². The molecule has 1 unspecified atom stereocenters. The van der Waals surface area contributed by atoms with Crippen molar-refractivity contribution in [1.29, 1.82) is 0 Å². The van der Waals surface area contributed by atoms with Crippen LogP contribution in [0.25, 0.3) is 0 Å². The molecule has 0 bridgehead atoms. The zero-order valence-electron chi connectivity index (χ0n) is 27.4. The first-order valence-corrected chi connectivity index (χ1v) is 17.4. The summed E-state index contributed by atoms with van der Waals surface area (Å²) in [4.78, 5) is 17.5. The number of hydrogen-bond acceptors (Lipinski definition) is 6. The van der Waals surface area contributed by atoms with E-state index in [2.05, 4.69) is 42.3 Å². The SMILES string of the molecule is C[C@@H](COc1ccnc2c1[C@H](C)CCC2)CC1Cc2ccc(O[C@H](C)CN)cc2C12CCC(Nc1cccc(Cl)c1)(C(=O)O)CC2. The van der Waals surface area contributed by atoms with Gasteiger partial charge in [-0.2, -0.15) is 0 Å². The van der Waals surface area contributed by atoms with Gasteiger partial charge in [0.15, 0.2) is 0 Å². The Balaban J connectivity index is 1.24. The standard InChI is InChI=1S/C38H48ClN3O4/c1-24(23-45-34-12-17-41-33-9-4-6-25(2)35(33)34)18-28-19-27-10-11-31(46-26(3)22-40)21-32(27)37(28)13-15-38(16-14-37,36(43)44)42-30-8-5-7-29(39)20-30/h5,7-8,10-12,17,20-21,24-26,28,42H,4,6,9,13-16,18-19,22-23,40H2,1-3H3,(H,43,44)/t24-,25-,26-,28?,37?,38?/m1/s1. The highest BCUT2D eigenvalue weighted by atomic mass is 35.5. The average Bonchev–Trinajstić information content (AvgIpc) is 3.32. The Bertz CT molecular complexity index is 1550. The second-order valence-electron chi connectivity index (χ2n) is 14.2. The van der Waals surface area contributed by atoms with Gasteiger partial charge >= 0.3 is 5.97 Å². The summed E-state index contributed by atoms with van der Waals surface area (Å²) in [7, 11) is 0. The van der Waals surface area contributed by atoms with Crippen LogP contribution in [0.2, 0.25) is 5.02 Å². The summed E-state index contributed by atoms with van der Waals surface area (Å²) >= 11 is 6.26. The van der Waals surface area contributed by atoms with Gasteiger partial charge in [-0.25, -0.2) is 4.79 Å². The van der Waals surface area contributed by atoms with Gasteiger partial charge < -0.3 is 25.6 Å². The maximum absolute atomic E-state index is 12.9. The molecule has 0 amide bonds. The topological polar surface area (TPSA) is 107 Å². The lowest BCUT2D eigenvalue weighted by atomic mass is 9.59. The van der Waals surface area contributed by atoms with Gasteiger partial charge in [-0.3, -0.25) is 4.98 Å². The van der Waals surface area contributed by atoms with Crippen molar-refractivity contribution < 1.29 is 19.4 Å². The first-order chi connectivity index (χ1) is 22.1. The van der Waals surface area contributed by atoms with Crippen LogP contribution in [0.3, 0.4) is 0 Å². The second kappa shape index (κ2) is 13.4. The monoisotopic (exact) mass is 645 g/mol. The number of carboxylic acid groups (broad SMARTS) is 1. The number of carboxylic acids is 1. The first-order valence-electron chi connectivity index (χ1n) is 17.0. The number of nitrogens with one attached hydrogen (secondary N) is 1. The van der Waals surface area contributed by atoms with Crippen LogP contribution in [0.15, 0.2) is 54.7 Å². The van der Waals surface area contributed by atoms with Gasteiger partial charge in [0.25, 0.3) is 0 Å². The molecular weight excluding hydrogens is 598 g/mol. The van der Waals surface area contributed by atoms with Gasteiger partial charge in [0.2, 0.25) is 0 Å². The van der Waals surface area contributed by atoms with Crippen molar-refractivity contribution >= 4 is 23.3 Å². The number of halogens is 1. The molecule has 46 heavy (non-hydrogen) atoms. The van der Waals surface area contributed by atoms with Crippen LogP contribution >= 0.6 is 11.6 Å². The summed E-state index contributed by atoms with van der Waals surface area (Å²) in [5.74, 6) is 2.15. The van der Waals surface area contributed by atoms with E-state index in [0.29, 0.717) is 48.8 Å². The number of aromatic nitrogens is 1. The van der Waals surface area contributed by atoms with Gasteiger partial charge in [-0.15, -0.1) is 0 Å². The van der Waals surface area contributed by atoms with E-state index in [0.717, 1.165) is 49.3 Å². The van der Waals surface area contributed by atoms with Gasteiger partial charge in [0, 0.05) is 34.7 Å². The lowest BCUT2D eigenvalue weighted by Crippen LogP contribution is -2.53. The number of nitrogens with zero attached hydrogens (tertiary/aromatic N) is 1. The largest absolute Gasteiger partial charge is 0.493 e. The van der Waals surface area contributed by atoms with E-state index >= 15 is 0 Å². The molecule has 8 heteroatoms. The predicted molar refractivity (Wildman–Crippen MR) is 183 cm³/mol. The number of fused-ring (bicyclic) bond motifs is 3. The van der Waals surface area contributed by atoms with Crippen LogP contribution in [0.4, 0.5) is 5.69 Å². The number of hydrogen-bond donors (Lipinski definition) is 3. The van der Waals surface area contributed by atoms with Crippen LogP contribution in [0.5, 0.6) is 11.5 Å². The van der Waals surface area contributed by atoms with Crippen molar-refractivity contribution in [3.05, 3.63) is 82.1 Å². The lowest BCUT2D eigenvalue weighted by Gasteiger charge is -2.47. The third kappa shape index (κ3) is 6.46. The van der Waals surface area contributed by atoms with E-state index in [-0.39, 0.29) is 11.5 Å². The molecule has 6 rings (SSSR count). The van der Waals surface area contributed by atoms with Crippen molar-refractivity contribution in [2.45, 2.75) is 102 Å². The Morgan fingerprint density at radius 3 is 2.70 bits per heavy atom. The summed E-state index contributed by atoms with van der Waals surface area (Å²) in [5.41, 5.74) is 10.5. The molecule has 7 nitrogen and oxygen atoms in total. The molecule has 1 fully saturated rings. The number of aliphatic carboxylic acids is 1. The summed E-state index contributed by atoms with van der Waals surface area (Å²) < 4.78 is 12.7. The van der Waals surface area contributed by atoms with Crippen LogP contribution in [-0.4, -0.2) is 40.9 Å². The Hall–Kier alpha value is -3.29. The zero-order valence-corrected chi connectivity index (χ0v) is 28.1. The Morgan fingerprint density at radius 1 is 1.15 bits per heavy atom. The van der Waals surface area contributed by atoms with Gasteiger partial charge in [-0.05, 0) is 135 Å². The zero-order chi connectivity index (χ0) is 32.5. The Morgan fingerprint density at radius 2 is 1.96 bits per heavy atom. The van der Waals surface area contributed by atoms with E-state index in [4.69, 9.17) is 26.8 Å². The smallest absolute Gasteiger partial charge is 0.329 e. The van der Waals surface area contributed by atoms with Crippen LogP contribution in [0.1, 0.15) is 94.0 Å². The van der Waals surface area contributed by atoms with Crippen molar-refractivity contribution in [1.82, 2.24) is 4.98 Å². The van der Waals surface area contributed by atoms with Crippen molar-refractivity contribution in [2.75, 3.05) is 18.5 Å². The third-order valence-corrected chi connectivity index (χ3v) is 11.2. The van der Waals surface area contributed by atoms with E-state index in [1.807, 2.05) is 31.3 Å². The molecular formula is C38H48ClN3O4. The first kappa shape index (κ1) is 32.6. The molecule has 4 N–H and O–H groups in total. The molecule has 1 heterocycles. The van der Waals surface area contributed by atoms with Gasteiger partial charge in [-0.1, -0.05) is 37.6 Å². The van der Waals surface area contributed by atoms with Crippen LogP contribution < -0.4 is 20.5 Å². The van der Waals surface area contributed by atoms with E-state index < -0.39 is 11.5 Å². The van der Waals surface area contributed by atoms with Gasteiger partial charge in [0.05, 0.1) is 6.61 Å². The molecule has 0 aliphatic heterocycles. The molecule has 2 aromatic carbocycles. The number of ether oxygens (including phenoxy) is 2. The van der Waals surface area contributed by atoms with E-state index in [9.17, 15) is 9.90 Å². The van der Waals surface area contributed by atoms with Crippen LogP contribution in [-0.2, 0) is 23.1 Å². The minimum Gasteiger partial charge on any atom is -0.493 e. The molecule has 1 aromatic heterocycles. The average molecular weight is 646 g/mol. The molecule has 3 aromatic rings. The molecule has 3 aliphatic rings. The maximum atomic E-state index is 12.9. The maximum Gasteiger partial charge on any atom is 0.329 e. The summed E-state index contributed by atoms with van der Waals surface area (Å²) in [6, 6.07) is 15.9. The van der Waals surface area contributed by atoms with Gasteiger partial charge in [0.1, 0.15) is 23.1 Å². The molecule has 1 spiro atoms. The summed E-state index contributed by atoms with van der Waals surface area (Å²) in [6.45, 7) is 7.64. The highest BCUT2D eigenvalue weighted by Crippen LogP contribution is 2.57. The predicted octanol–water partition coefficient (Wildman–Crippen LogP) is 7.93. The number of nitrogens with two attached hydrogens (primary N) is 1. The Kier molecular flexibility index (Phi) is 9.54. The number of pyridine rings is 1. The lowest BCUT2D eigenvalue weighted by molar-refractivity contribution is -0.144. The van der Waals surface area contributed by atoms with Crippen molar-refractivity contribution in [3.8, 4) is 11.5 Å². The minimum atomic E-state index is -1.06. The number of benzene rings is 2. The fraction of sp³-hybridized carbons (Fsp3) is 0.526. The number of rotatable bonds is 11. The third-order valence-electron chi connectivity index (χ3n) is 10.9. The highest BCUT2D eigenvalue weighted by molar-refractivity contribution is 6.30. The fourth-order valence-corrected chi connectivity index (χ4v) is 8.62. The molecule has 1 saturated carbocycles. The number of anilines is 1. The number of carbonyl (C=O) groups is 1. The summed E-state index contributed by atoms with van der Waals surface area (Å²) in [6.07, 6.45) is 9.71. The van der Waals surface area contributed by atoms with Crippen molar-refractivity contribution in [3.63, 3.8) is 0 Å². The quantitative estimate of drug-likeness (QED) is 0.194. The fourth-order valence-electron chi connectivity index (χ4n) is 8.43. The number of aryl methyl sites for hydroxylation is 1. The van der Waals surface area contributed by atoms with E-state index in [1.54, 1.807) is 12.1 Å². The second-order valence-corrected chi connectivity index (χ2v) is 14.6. The summed E-state index contributed by atoms with van der Waals surface area (Å²) in [5, 5.41) is 14.5. The molecule has 3 aliphatic carbocycles. The molecule has 4 atom stereocenters. The molecule has 0 radical (unpaired) electrons. The van der Waals surface area contributed by atoms with Crippen molar-refractivity contribution in [2.24, 2.45) is 17.6 Å². The Labute approximate surface area is 278 Å². The molecule has 0 saturated heterocycles. The highest BCUT2D eigenvalue weighted by Gasteiger charge is 2.54. The normalized spacial score (nSPS) is 26.5. The molecule has 246 valence electrons. The minimum absolute atomic E-state index is 0.0852. The van der Waals surface area contributed by atoms with Crippen LogP contribution in [0, 0.1) is 11.8 Å².